The van der Waals surface area contributed by atoms with Gasteiger partial charge in [0.1, 0.15) is 5.49 Å². The molecule has 0 unspecified atom stereocenters. The molecule has 3 nitrogen and oxygen atoms in total. The number of pyridine rings is 1. The van der Waals surface area contributed by atoms with Gasteiger partial charge in [-0.1, -0.05) is 0 Å². The van der Waals surface area contributed by atoms with Crippen LogP contribution in [0.3, 0.4) is 0 Å². The summed E-state index contributed by atoms with van der Waals surface area (Å²) < 4.78 is 2.27. The molecule has 0 aliphatic rings. The van der Waals surface area contributed by atoms with Crippen LogP contribution in [0.5, 0.6) is 0 Å². The van der Waals surface area contributed by atoms with E-state index in [0.29, 0.717) is 11.9 Å². The number of rotatable bonds is 1. The Bertz CT molecular complexity index is 329. The van der Waals surface area contributed by atoms with Crippen molar-refractivity contribution in [2.75, 3.05) is 7.05 Å². The Morgan fingerprint density at radius 3 is 2.91 bits per heavy atom. The first-order valence-corrected chi connectivity index (χ1v) is 3.83. The second-order valence-corrected chi connectivity index (χ2v) is 2.86. The second kappa shape index (κ2) is 3.48. The van der Waals surface area contributed by atoms with E-state index in [0.717, 1.165) is 4.47 Å². The Balaban J connectivity index is 3.40. The van der Waals surface area contributed by atoms with Gasteiger partial charge in [0.15, 0.2) is 0 Å². The zero-order chi connectivity index (χ0) is 8.27. The van der Waals surface area contributed by atoms with E-state index in [2.05, 4.69) is 20.9 Å². The molecule has 11 heavy (non-hydrogen) atoms. The fraction of sp³-hybridized carbons (Fsp3) is 0.143. The number of halogens is 1. The molecule has 0 aliphatic carbocycles. The van der Waals surface area contributed by atoms with Crippen LogP contribution in [0.15, 0.2) is 27.8 Å². The first kappa shape index (κ1) is 8.20. The summed E-state index contributed by atoms with van der Waals surface area (Å²) >= 11 is 3.24. The van der Waals surface area contributed by atoms with Gasteiger partial charge in [-0.15, -0.1) is 0 Å². The predicted molar refractivity (Wildman–Crippen MR) is 45.8 cm³/mol. The van der Waals surface area contributed by atoms with Gasteiger partial charge >= 0.3 is 0 Å². The minimum Gasteiger partial charge on any atom is -0.278 e. The fourth-order valence-corrected chi connectivity index (χ4v) is 1.11. The molecule has 0 saturated heterocycles. The molecule has 0 spiro atoms. The van der Waals surface area contributed by atoms with Crippen LogP contribution < -0.4 is 5.49 Å². The van der Waals surface area contributed by atoms with E-state index in [1.54, 1.807) is 19.3 Å². The van der Waals surface area contributed by atoms with Gasteiger partial charge in [0.05, 0.1) is 0 Å². The van der Waals surface area contributed by atoms with Crippen molar-refractivity contribution >= 4 is 22.3 Å². The number of hydrogen-bond acceptors (Lipinski definition) is 2. The number of carbonyl (C=O) groups is 1. The summed E-state index contributed by atoms with van der Waals surface area (Å²) in [6.07, 6.45) is 2.38. The van der Waals surface area contributed by atoms with Gasteiger partial charge in [-0.2, -0.15) is 0 Å². The molecule has 0 amide bonds. The molecule has 1 rings (SSSR count). The molecule has 0 fully saturated rings. The molecule has 1 heterocycles. The van der Waals surface area contributed by atoms with Gasteiger partial charge in [-0.25, -0.2) is 0 Å². The molecule has 0 bridgehead atoms. The number of hydrogen-bond donors (Lipinski definition) is 0. The van der Waals surface area contributed by atoms with Crippen molar-refractivity contribution in [1.29, 1.82) is 0 Å². The van der Waals surface area contributed by atoms with E-state index in [4.69, 9.17) is 0 Å². The summed E-state index contributed by atoms with van der Waals surface area (Å²) in [7, 11) is 1.64. The minimum atomic E-state index is 0.642. The number of carbonyl (C=O) groups excluding carboxylic acids is 1. The molecule has 0 saturated carbocycles. The van der Waals surface area contributed by atoms with Gasteiger partial charge in [-0.05, 0) is 28.1 Å². The summed E-state index contributed by atoms with van der Waals surface area (Å²) in [4.78, 5) is 14.3. The summed E-state index contributed by atoms with van der Waals surface area (Å²) in [6.45, 7) is 0. The van der Waals surface area contributed by atoms with Gasteiger partial charge in [-0.3, -0.25) is 14.4 Å². The second-order valence-electron chi connectivity index (χ2n) is 1.94. The monoisotopic (exact) mass is 214 g/mol. The SMILES string of the molecule is CN=c1ccc(Br)cn1C=O. The van der Waals surface area contributed by atoms with Crippen molar-refractivity contribution in [2.24, 2.45) is 4.99 Å². The van der Waals surface area contributed by atoms with E-state index in [1.807, 2.05) is 6.07 Å². The lowest BCUT2D eigenvalue weighted by Crippen LogP contribution is -2.18. The van der Waals surface area contributed by atoms with E-state index in [9.17, 15) is 4.79 Å². The van der Waals surface area contributed by atoms with Crippen LogP contribution in [0.1, 0.15) is 0 Å². The maximum atomic E-state index is 10.4. The van der Waals surface area contributed by atoms with E-state index < -0.39 is 0 Å². The Morgan fingerprint density at radius 1 is 1.64 bits per heavy atom. The van der Waals surface area contributed by atoms with Gasteiger partial charge in [0.2, 0.25) is 6.41 Å². The lowest BCUT2D eigenvalue weighted by atomic mass is 10.5. The molecular weight excluding hydrogens is 208 g/mol. The van der Waals surface area contributed by atoms with Crippen LogP contribution in [-0.4, -0.2) is 18.0 Å². The third-order valence-corrected chi connectivity index (χ3v) is 1.73. The summed E-state index contributed by atoms with van der Waals surface area (Å²) in [6, 6.07) is 3.60. The maximum absolute atomic E-state index is 10.4. The highest BCUT2D eigenvalue weighted by molar-refractivity contribution is 9.10. The highest BCUT2D eigenvalue weighted by Crippen LogP contribution is 2.03. The van der Waals surface area contributed by atoms with Crippen LogP contribution in [0.2, 0.25) is 0 Å². The Labute approximate surface area is 72.5 Å². The van der Waals surface area contributed by atoms with Crippen molar-refractivity contribution in [3.63, 3.8) is 0 Å². The third kappa shape index (κ3) is 1.77. The molecule has 58 valence electrons. The number of aromatic nitrogens is 1. The van der Waals surface area contributed by atoms with Crippen LogP contribution in [0, 0.1) is 0 Å². The Morgan fingerprint density at radius 2 is 2.36 bits per heavy atom. The van der Waals surface area contributed by atoms with E-state index >= 15 is 0 Å². The maximum Gasteiger partial charge on any atom is 0.219 e. The van der Waals surface area contributed by atoms with E-state index in [1.165, 1.54) is 4.57 Å². The molecule has 1 aromatic heterocycles. The van der Waals surface area contributed by atoms with Crippen LogP contribution >= 0.6 is 15.9 Å². The minimum absolute atomic E-state index is 0.642. The first-order chi connectivity index (χ1) is 5.27. The smallest absolute Gasteiger partial charge is 0.219 e. The summed E-state index contributed by atoms with van der Waals surface area (Å²) in [5, 5.41) is 0. The highest BCUT2D eigenvalue weighted by Gasteiger charge is 1.90. The third-order valence-electron chi connectivity index (χ3n) is 1.26. The molecule has 0 aromatic carbocycles. The van der Waals surface area contributed by atoms with Crippen LogP contribution in [0.4, 0.5) is 0 Å². The van der Waals surface area contributed by atoms with Crippen LogP contribution in [0.25, 0.3) is 0 Å². The molecular formula is C7H7BrN2O. The standard InChI is InChI=1S/C7H7BrN2O/c1-9-7-3-2-6(8)4-10(7)5-11/h2-5H,1H3. The molecule has 0 radical (unpaired) electrons. The topological polar surface area (TPSA) is 34.4 Å². The van der Waals surface area contributed by atoms with Crippen molar-refractivity contribution < 1.29 is 4.79 Å². The molecule has 4 heteroatoms. The average Bonchev–Trinajstić information content (AvgIpc) is 2.04. The quantitative estimate of drug-likeness (QED) is 0.638. The zero-order valence-electron chi connectivity index (χ0n) is 5.99. The zero-order valence-corrected chi connectivity index (χ0v) is 7.58. The highest BCUT2D eigenvalue weighted by atomic mass is 79.9. The number of nitrogens with zero attached hydrogens (tertiary/aromatic N) is 2. The normalized spacial score (nSPS) is 11.6. The lowest BCUT2D eigenvalue weighted by molar-refractivity contribution is 0.544. The lowest BCUT2D eigenvalue weighted by Gasteiger charge is -1.96. The largest absolute Gasteiger partial charge is 0.278 e. The molecule has 0 aliphatic heterocycles. The summed E-state index contributed by atoms with van der Waals surface area (Å²) in [5.74, 6) is 0. The van der Waals surface area contributed by atoms with Gasteiger partial charge in [0, 0.05) is 17.7 Å². The summed E-state index contributed by atoms with van der Waals surface area (Å²) in [5.41, 5.74) is 0.642. The Kier molecular flexibility index (Phi) is 2.59. The fourth-order valence-electron chi connectivity index (χ4n) is 0.757. The van der Waals surface area contributed by atoms with E-state index in [-0.39, 0.29) is 0 Å². The van der Waals surface area contributed by atoms with Crippen molar-refractivity contribution in [3.8, 4) is 0 Å². The predicted octanol–water partition coefficient (Wildman–Crippen LogP) is 0.819. The van der Waals surface area contributed by atoms with Gasteiger partial charge < -0.3 is 0 Å². The van der Waals surface area contributed by atoms with Crippen LogP contribution in [-0.2, 0) is 4.79 Å². The molecule has 0 atom stereocenters. The van der Waals surface area contributed by atoms with Gasteiger partial charge in [0.25, 0.3) is 0 Å². The van der Waals surface area contributed by atoms with Crippen molar-refractivity contribution in [1.82, 2.24) is 4.57 Å². The van der Waals surface area contributed by atoms with Crippen molar-refractivity contribution in [2.45, 2.75) is 0 Å². The van der Waals surface area contributed by atoms with Crippen molar-refractivity contribution in [3.05, 3.63) is 28.3 Å². The molecule has 0 N–H and O–H groups in total. The Hall–Kier alpha value is -0.900. The first-order valence-electron chi connectivity index (χ1n) is 3.03. The molecule has 1 aromatic rings. The average molecular weight is 215 g/mol.